The summed E-state index contributed by atoms with van der Waals surface area (Å²) in [6.45, 7) is 10.7. The highest BCUT2D eigenvalue weighted by Crippen LogP contribution is 2.22. The van der Waals surface area contributed by atoms with Crippen molar-refractivity contribution < 1.29 is 4.79 Å². The molecule has 1 aliphatic rings. The molecule has 0 bridgehead atoms. The molecule has 1 heterocycles. The zero-order valence-electron chi connectivity index (χ0n) is 13.4. The molecule has 0 amide bonds. The van der Waals surface area contributed by atoms with Gasteiger partial charge in [0, 0.05) is 19.2 Å². The minimum Gasteiger partial charge on any atom is -0.294 e. The lowest BCUT2D eigenvalue weighted by Gasteiger charge is -2.13. The number of hydrogen-bond acceptors (Lipinski definition) is 2. The normalized spacial score (nSPS) is 25.2. The summed E-state index contributed by atoms with van der Waals surface area (Å²) < 4.78 is 0. The highest BCUT2D eigenvalue weighted by atomic mass is 16.1. The fourth-order valence-electron chi connectivity index (χ4n) is 2.17. The lowest BCUT2D eigenvalue weighted by Crippen LogP contribution is -2.09. The van der Waals surface area contributed by atoms with E-state index in [4.69, 9.17) is 0 Å². The summed E-state index contributed by atoms with van der Waals surface area (Å²) in [5.74, 6) is 0.192. The van der Waals surface area contributed by atoms with Gasteiger partial charge in [0.05, 0.1) is 0 Å². The van der Waals surface area contributed by atoms with E-state index in [1.54, 1.807) is 6.21 Å². The first kappa shape index (κ1) is 17.1. The van der Waals surface area contributed by atoms with Gasteiger partial charge in [0.1, 0.15) is 0 Å². The van der Waals surface area contributed by atoms with E-state index in [1.165, 1.54) is 0 Å². The average Bonchev–Trinajstić information content (AvgIpc) is 2.47. The standard InChI is InChI=1S/C19H25NO/c1-5-7-9-17-13-19(21)18(10-8-6-2)15(3)11-12-20-14-16(17)4/h5-9,14H,4,10-13H2,1-3H3/b7-5-,8-6-,17-9-,18-15-,20-14+. The first-order valence-electron chi connectivity index (χ1n) is 7.44. The fourth-order valence-corrected chi connectivity index (χ4v) is 2.17. The second-order valence-corrected chi connectivity index (χ2v) is 5.16. The number of carbonyl (C=O) groups excluding carboxylic acids is 1. The predicted octanol–water partition coefficient (Wildman–Crippen LogP) is 4.76. The molecule has 0 fully saturated rings. The lowest BCUT2D eigenvalue weighted by molar-refractivity contribution is -0.115. The van der Waals surface area contributed by atoms with Crippen LogP contribution in [0, 0.1) is 0 Å². The number of ketones is 1. The van der Waals surface area contributed by atoms with Crippen LogP contribution in [0.2, 0.25) is 0 Å². The molecule has 112 valence electrons. The molecule has 0 spiro atoms. The summed E-state index contributed by atoms with van der Waals surface area (Å²) in [5, 5.41) is 0. The molecule has 0 unspecified atom stereocenters. The molecule has 0 saturated heterocycles. The smallest absolute Gasteiger partial charge is 0.163 e. The largest absolute Gasteiger partial charge is 0.294 e. The zero-order valence-corrected chi connectivity index (χ0v) is 13.4. The lowest BCUT2D eigenvalue weighted by atomic mass is 9.92. The van der Waals surface area contributed by atoms with Gasteiger partial charge >= 0.3 is 0 Å². The second kappa shape index (κ2) is 9.06. The van der Waals surface area contributed by atoms with Crippen LogP contribution >= 0.6 is 0 Å². The van der Waals surface area contributed by atoms with Crippen molar-refractivity contribution in [3.63, 3.8) is 0 Å². The highest BCUT2D eigenvalue weighted by Gasteiger charge is 2.15. The van der Waals surface area contributed by atoms with Crippen molar-refractivity contribution in [2.75, 3.05) is 6.54 Å². The number of hydrogen-bond donors (Lipinski definition) is 0. The Balaban J connectivity index is 3.15. The Morgan fingerprint density at radius 2 is 2.10 bits per heavy atom. The summed E-state index contributed by atoms with van der Waals surface area (Å²) in [6.07, 6.45) is 13.6. The van der Waals surface area contributed by atoms with Crippen molar-refractivity contribution in [2.24, 2.45) is 4.99 Å². The SMILES string of the molecule is C=C1/C=N/CC/C(C)=C(/C/C=C\C)C(=O)C/C1=C/C=C\C. The van der Waals surface area contributed by atoms with E-state index in [-0.39, 0.29) is 5.78 Å². The Morgan fingerprint density at radius 1 is 1.33 bits per heavy atom. The van der Waals surface area contributed by atoms with Gasteiger partial charge in [-0.15, -0.1) is 0 Å². The molecular weight excluding hydrogens is 258 g/mol. The van der Waals surface area contributed by atoms with Gasteiger partial charge < -0.3 is 0 Å². The molecule has 0 atom stereocenters. The minimum atomic E-state index is 0.192. The molecule has 1 rings (SSSR count). The van der Waals surface area contributed by atoms with Gasteiger partial charge in [-0.1, -0.05) is 42.5 Å². The van der Waals surface area contributed by atoms with Crippen LogP contribution in [0.3, 0.4) is 0 Å². The Morgan fingerprint density at radius 3 is 2.76 bits per heavy atom. The topological polar surface area (TPSA) is 29.4 Å². The second-order valence-electron chi connectivity index (χ2n) is 5.16. The number of nitrogens with zero attached hydrogens (tertiary/aromatic N) is 1. The zero-order chi connectivity index (χ0) is 15.7. The van der Waals surface area contributed by atoms with Gasteiger partial charge in [0.15, 0.2) is 5.78 Å². The first-order valence-corrected chi connectivity index (χ1v) is 7.44. The van der Waals surface area contributed by atoms with Crippen molar-refractivity contribution in [3.8, 4) is 0 Å². The van der Waals surface area contributed by atoms with Gasteiger partial charge in [0.2, 0.25) is 0 Å². The molecule has 0 aromatic rings. The van der Waals surface area contributed by atoms with E-state index in [0.717, 1.165) is 28.7 Å². The Hall–Kier alpha value is -1.96. The van der Waals surface area contributed by atoms with Crippen LogP contribution in [-0.2, 0) is 4.79 Å². The maximum atomic E-state index is 12.6. The summed E-state index contributed by atoms with van der Waals surface area (Å²) in [4.78, 5) is 17.0. The van der Waals surface area contributed by atoms with Crippen LogP contribution in [0.1, 0.15) is 40.0 Å². The van der Waals surface area contributed by atoms with Crippen molar-refractivity contribution in [3.05, 3.63) is 59.3 Å². The van der Waals surface area contributed by atoms with E-state index >= 15 is 0 Å². The molecule has 21 heavy (non-hydrogen) atoms. The van der Waals surface area contributed by atoms with Crippen molar-refractivity contribution in [1.82, 2.24) is 0 Å². The van der Waals surface area contributed by atoms with Crippen molar-refractivity contribution in [1.29, 1.82) is 0 Å². The van der Waals surface area contributed by atoms with E-state index in [0.29, 0.717) is 19.4 Å². The summed E-state index contributed by atoms with van der Waals surface area (Å²) in [7, 11) is 0. The van der Waals surface area contributed by atoms with Crippen LogP contribution in [-0.4, -0.2) is 18.5 Å². The van der Waals surface area contributed by atoms with Crippen LogP contribution in [0.5, 0.6) is 0 Å². The average molecular weight is 283 g/mol. The molecular formula is C19H25NO. The maximum Gasteiger partial charge on any atom is 0.163 e. The van der Waals surface area contributed by atoms with Crippen LogP contribution in [0.25, 0.3) is 0 Å². The van der Waals surface area contributed by atoms with Crippen molar-refractivity contribution in [2.45, 2.75) is 40.0 Å². The van der Waals surface area contributed by atoms with E-state index < -0.39 is 0 Å². The minimum absolute atomic E-state index is 0.192. The summed E-state index contributed by atoms with van der Waals surface area (Å²) >= 11 is 0. The molecule has 2 heteroatoms. The third kappa shape index (κ3) is 5.50. The van der Waals surface area contributed by atoms with Crippen LogP contribution in [0.15, 0.2) is 64.2 Å². The van der Waals surface area contributed by atoms with Crippen LogP contribution < -0.4 is 0 Å². The monoisotopic (exact) mass is 283 g/mol. The number of aliphatic imine (C=N–C) groups is 1. The Labute approximate surface area is 128 Å². The maximum absolute atomic E-state index is 12.6. The Bertz CT molecular complexity index is 542. The molecule has 0 aliphatic carbocycles. The fraction of sp³-hybridized carbons (Fsp3) is 0.368. The molecule has 2 nitrogen and oxygen atoms in total. The number of rotatable bonds is 3. The number of carbonyl (C=O) groups is 1. The van der Waals surface area contributed by atoms with Gasteiger partial charge in [-0.25, -0.2) is 0 Å². The highest BCUT2D eigenvalue weighted by molar-refractivity contribution is 6.00. The molecule has 0 N–H and O–H groups in total. The molecule has 0 radical (unpaired) electrons. The number of Topliss-reactive ketones (excluding diaryl/α,β-unsaturated/α-hetero) is 1. The van der Waals surface area contributed by atoms with E-state index in [1.807, 2.05) is 51.2 Å². The van der Waals surface area contributed by atoms with Gasteiger partial charge in [-0.3, -0.25) is 9.79 Å². The molecule has 0 saturated carbocycles. The molecule has 0 aromatic heterocycles. The number of allylic oxidation sites excluding steroid dienone is 8. The van der Waals surface area contributed by atoms with Gasteiger partial charge in [-0.05, 0) is 50.3 Å². The Kier molecular flexibility index (Phi) is 7.38. The van der Waals surface area contributed by atoms with E-state index in [9.17, 15) is 4.79 Å². The van der Waals surface area contributed by atoms with Gasteiger partial charge in [-0.2, -0.15) is 0 Å². The van der Waals surface area contributed by atoms with Crippen LogP contribution in [0.4, 0.5) is 0 Å². The van der Waals surface area contributed by atoms with Gasteiger partial charge in [0.25, 0.3) is 0 Å². The summed E-state index contributed by atoms with van der Waals surface area (Å²) in [5.41, 5.74) is 3.83. The third-order valence-corrected chi connectivity index (χ3v) is 3.53. The van der Waals surface area contributed by atoms with E-state index in [2.05, 4.69) is 11.6 Å². The quantitative estimate of drug-likeness (QED) is 0.686. The molecule has 0 aromatic carbocycles. The molecule has 1 aliphatic heterocycles. The third-order valence-electron chi connectivity index (χ3n) is 3.53. The summed E-state index contributed by atoms with van der Waals surface area (Å²) in [6, 6.07) is 0. The predicted molar refractivity (Wildman–Crippen MR) is 91.8 cm³/mol. The van der Waals surface area contributed by atoms with Crippen molar-refractivity contribution >= 4 is 12.0 Å². The first-order chi connectivity index (χ1) is 10.1.